The first-order chi connectivity index (χ1) is 7.26. The maximum absolute atomic E-state index is 9.31. The molecule has 1 rings (SSSR count). The molecule has 0 aliphatic carbocycles. The van der Waals surface area contributed by atoms with Crippen LogP contribution in [0.4, 0.5) is 0 Å². The van der Waals surface area contributed by atoms with E-state index in [4.69, 9.17) is 10.5 Å². The van der Waals surface area contributed by atoms with Crippen LogP contribution in [0.5, 0.6) is 0 Å². The monoisotopic (exact) mass is 210 g/mol. The minimum Gasteiger partial charge on any atom is -0.372 e. The van der Waals surface area contributed by atoms with E-state index in [1.807, 2.05) is 16.0 Å². The lowest BCUT2D eigenvalue weighted by Gasteiger charge is -2.19. The summed E-state index contributed by atoms with van der Waals surface area (Å²) in [5.74, 6) is 0. The van der Waals surface area contributed by atoms with Crippen LogP contribution in [-0.4, -0.2) is 54.1 Å². The molecule has 82 valence electrons. The van der Waals surface area contributed by atoms with E-state index in [0.29, 0.717) is 19.9 Å². The summed E-state index contributed by atoms with van der Waals surface area (Å²) in [6.45, 7) is 3.31. The van der Waals surface area contributed by atoms with Crippen molar-refractivity contribution >= 4 is 0 Å². The second-order valence-electron chi connectivity index (χ2n) is 3.33. The number of β-amino-alcohol motifs (C(OH)–C–C–N with tert-alkyl or cyclic N) is 1. The van der Waals surface area contributed by atoms with Gasteiger partial charge in [-0.05, 0) is 0 Å². The van der Waals surface area contributed by atoms with E-state index in [1.54, 1.807) is 6.19 Å². The van der Waals surface area contributed by atoms with E-state index in [9.17, 15) is 5.11 Å². The molecule has 1 fully saturated rings. The minimum atomic E-state index is -0.820. The Hall–Kier alpha value is -1.54. The van der Waals surface area contributed by atoms with Crippen LogP contribution in [0.25, 0.3) is 0 Å². The maximum atomic E-state index is 9.31. The van der Waals surface area contributed by atoms with Gasteiger partial charge in [0.2, 0.25) is 0 Å². The molecule has 1 atom stereocenters. The predicted octanol–water partition coefficient (Wildman–Crippen LogP) is -2.02. The Bertz CT molecular complexity index is 269. The highest BCUT2D eigenvalue weighted by Crippen LogP contribution is 2.03. The number of aliphatic hydroxyl groups is 1. The summed E-state index contributed by atoms with van der Waals surface area (Å²) in [7, 11) is 0. The van der Waals surface area contributed by atoms with Crippen molar-refractivity contribution in [1.82, 2.24) is 20.4 Å². The van der Waals surface area contributed by atoms with E-state index in [0.717, 1.165) is 13.1 Å². The van der Waals surface area contributed by atoms with Crippen molar-refractivity contribution in [3.8, 4) is 12.4 Å². The highest BCUT2D eigenvalue weighted by molar-refractivity contribution is 4.77. The lowest BCUT2D eigenvalue weighted by atomic mass is 10.5. The van der Waals surface area contributed by atoms with Crippen molar-refractivity contribution < 1.29 is 5.11 Å². The smallest absolute Gasteiger partial charge is 0.178 e. The molecule has 3 N–H and O–H groups in total. The Morgan fingerprint density at radius 3 is 2.67 bits per heavy atom. The van der Waals surface area contributed by atoms with Gasteiger partial charge in [0.25, 0.3) is 0 Å². The first kappa shape index (κ1) is 11.5. The molecule has 0 bridgehead atoms. The Morgan fingerprint density at radius 1 is 1.27 bits per heavy atom. The van der Waals surface area contributed by atoms with E-state index in [-0.39, 0.29) is 0 Å². The predicted molar refractivity (Wildman–Crippen MR) is 51.5 cm³/mol. The Kier molecular flexibility index (Phi) is 4.64. The molecule has 0 spiro atoms. The molecule has 0 aromatic carbocycles. The van der Waals surface area contributed by atoms with Crippen molar-refractivity contribution in [2.75, 3.05) is 33.0 Å². The average molecular weight is 210 g/mol. The van der Waals surface area contributed by atoms with Gasteiger partial charge in [0.1, 0.15) is 6.23 Å². The highest BCUT2D eigenvalue weighted by Gasteiger charge is 2.21. The summed E-state index contributed by atoms with van der Waals surface area (Å²) < 4.78 is 0. The van der Waals surface area contributed by atoms with Crippen LogP contribution in [0, 0.1) is 22.9 Å². The average Bonchev–Trinajstić information content (AvgIpc) is 2.63. The minimum absolute atomic E-state index is 0.413. The van der Waals surface area contributed by atoms with E-state index in [2.05, 4.69) is 10.6 Å². The Labute approximate surface area is 88.5 Å². The molecule has 0 saturated carbocycles. The van der Waals surface area contributed by atoms with Crippen molar-refractivity contribution in [2.24, 2.45) is 0 Å². The zero-order chi connectivity index (χ0) is 11.1. The standard InChI is InChI=1S/C8H14N6O/c9-4-11-6-14-2-1-13(7-14)3-8(15)12-5-10/h8,11-12,15H,1-3,6-7H2. The summed E-state index contributed by atoms with van der Waals surface area (Å²) in [6, 6.07) is 0. The van der Waals surface area contributed by atoms with Crippen molar-refractivity contribution in [3.63, 3.8) is 0 Å². The first-order valence-corrected chi connectivity index (χ1v) is 4.65. The molecule has 7 heteroatoms. The summed E-state index contributed by atoms with van der Waals surface area (Å²) in [6.07, 6.45) is 2.73. The molecule has 0 amide bonds. The number of nitrogens with zero attached hydrogens (tertiary/aromatic N) is 4. The van der Waals surface area contributed by atoms with Gasteiger partial charge in [-0.15, -0.1) is 0 Å². The summed E-state index contributed by atoms with van der Waals surface area (Å²) in [5, 5.41) is 30.7. The number of hydrogen-bond donors (Lipinski definition) is 3. The molecule has 0 aromatic rings. The number of nitrogens with one attached hydrogen (secondary N) is 2. The van der Waals surface area contributed by atoms with Gasteiger partial charge in [0, 0.05) is 19.6 Å². The fraction of sp³-hybridized carbons (Fsp3) is 0.750. The third-order valence-corrected chi connectivity index (χ3v) is 2.18. The largest absolute Gasteiger partial charge is 0.372 e. The number of rotatable bonds is 5. The van der Waals surface area contributed by atoms with Gasteiger partial charge < -0.3 is 10.4 Å². The van der Waals surface area contributed by atoms with Crippen molar-refractivity contribution in [1.29, 1.82) is 10.5 Å². The number of nitriles is 2. The summed E-state index contributed by atoms with van der Waals surface area (Å²) >= 11 is 0. The molecule has 1 unspecified atom stereocenters. The highest BCUT2D eigenvalue weighted by atomic mass is 16.3. The molecular weight excluding hydrogens is 196 g/mol. The molecule has 7 nitrogen and oxygen atoms in total. The van der Waals surface area contributed by atoms with Crippen LogP contribution in [-0.2, 0) is 0 Å². The number of hydrogen-bond acceptors (Lipinski definition) is 7. The Morgan fingerprint density at radius 2 is 2.00 bits per heavy atom. The third-order valence-electron chi connectivity index (χ3n) is 2.18. The van der Waals surface area contributed by atoms with E-state index >= 15 is 0 Å². The molecule has 1 aliphatic rings. The Balaban J connectivity index is 2.19. The van der Waals surface area contributed by atoms with E-state index in [1.165, 1.54) is 0 Å². The normalized spacial score (nSPS) is 19.1. The molecule has 1 heterocycles. The second kappa shape index (κ2) is 6.04. The molecular formula is C8H14N6O. The van der Waals surface area contributed by atoms with Gasteiger partial charge in [-0.3, -0.25) is 15.1 Å². The summed E-state index contributed by atoms with van der Waals surface area (Å²) in [4.78, 5) is 4.05. The fourth-order valence-electron chi connectivity index (χ4n) is 1.50. The maximum Gasteiger partial charge on any atom is 0.178 e. The lowest BCUT2D eigenvalue weighted by Crippen LogP contribution is -2.39. The molecule has 15 heavy (non-hydrogen) atoms. The zero-order valence-corrected chi connectivity index (χ0v) is 8.35. The van der Waals surface area contributed by atoms with Gasteiger partial charge in [0.05, 0.1) is 13.3 Å². The van der Waals surface area contributed by atoms with Gasteiger partial charge in [-0.2, -0.15) is 10.5 Å². The van der Waals surface area contributed by atoms with Crippen molar-refractivity contribution in [2.45, 2.75) is 6.23 Å². The quantitative estimate of drug-likeness (QED) is 0.274. The van der Waals surface area contributed by atoms with Crippen LogP contribution in [0.2, 0.25) is 0 Å². The van der Waals surface area contributed by atoms with E-state index < -0.39 is 6.23 Å². The lowest BCUT2D eigenvalue weighted by molar-refractivity contribution is 0.100. The topological polar surface area (TPSA) is 98.3 Å². The van der Waals surface area contributed by atoms with Crippen LogP contribution in [0.1, 0.15) is 0 Å². The molecule has 0 aromatic heterocycles. The fourth-order valence-corrected chi connectivity index (χ4v) is 1.50. The van der Waals surface area contributed by atoms with Crippen LogP contribution in [0.3, 0.4) is 0 Å². The van der Waals surface area contributed by atoms with Gasteiger partial charge in [-0.25, -0.2) is 0 Å². The molecule has 1 aliphatic heterocycles. The summed E-state index contributed by atoms with van der Waals surface area (Å²) in [5.41, 5.74) is 0. The van der Waals surface area contributed by atoms with Gasteiger partial charge in [-0.1, -0.05) is 0 Å². The SMILES string of the molecule is N#CNCN1CCN(CC(O)NC#N)C1. The van der Waals surface area contributed by atoms with Crippen LogP contribution in [0.15, 0.2) is 0 Å². The van der Waals surface area contributed by atoms with Crippen LogP contribution >= 0.6 is 0 Å². The molecule has 0 radical (unpaired) electrons. The van der Waals surface area contributed by atoms with Crippen LogP contribution < -0.4 is 10.6 Å². The second-order valence-corrected chi connectivity index (χ2v) is 3.33. The first-order valence-electron chi connectivity index (χ1n) is 4.65. The number of aliphatic hydroxyl groups excluding tert-OH is 1. The third kappa shape index (κ3) is 4.00. The van der Waals surface area contributed by atoms with Gasteiger partial charge >= 0.3 is 0 Å². The van der Waals surface area contributed by atoms with Crippen molar-refractivity contribution in [3.05, 3.63) is 0 Å². The molecule has 1 saturated heterocycles. The van der Waals surface area contributed by atoms with Gasteiger partial charge in [0.15, 0.2) is 12.4 Å². The zero-order valence-electron chi connectivity index (χ0n) is 8.35.